The average Bonchev–Trinajstić information content (AvgIpc) is 3.44. The quantitative estimate of drug-likeness (QED) is 0.181. The first-order valence-corrected chi connectivity index (χ1v) is 15.1. The van der Waals surface area contributed by atoms with Crippen molar-refractivity contribution in [3.63, 3.8) is 0 Å². The Morgan fingerprint density at radius 1 is 1.02 bits per heavy atom. The van der Waals surface area contributed by atoms with Gasteiger partial charge in [-0.1, -0.05) is 48.6 Å². The highest BCUT2D eigenvalue weighted by atomic mass is 32.1. The van der Waals surface area contributed by atoms with Crippen LogP contribution in [0.1, 0.15) is 50.9 Å². The van der Waals surface area contributed by atoms with Gasteiger partial charge in [-0.3, -0.25) is 10.1 Å². The summed E-state index contributed by atoms with van der Waals surface area (Å²) in [7, 11) is 0. The fourth-order valence-corrected chi connectivity index (χ4v) is 6.25. The molecule has 0 aliphatic carbocycles. The van der Waals surface area contributed by atoms with E-state index in [-0.39, 0.29) is 41.8 Å². The molecule has 1 aliphatic heterocycles. The van der Waals surface area contributed by atoms with Gasteiger partial charge >= 0.3 is 12.1 Å². The van der Waals surface area contributed by atoms with Gasteiger partial charge in [-0.2, -0.15) is 13.2 Å². The number of halogens is 3. The predicted molar refractivity (Wildman–Crippen MR) is 166 cm³/mol. The number of carbonyl (C=O) groups is 2. The van der Waals surface area contributed by atoms with Gasteiger partial charge in [-0.15, -0.1) is 0 Å². The van der Waals surface area contributed by atoms with Crippen molar-refractivity contribution in [1.29, 1.82) is 0 Å². The highest BCUT2D eigenvalue weighted by Gasteiger charge is 2.36. The van der Waals surface area contributed by atoms with Crippen LogP contribution in [-0.2, 0) is 19.1 Å². The summed E-state index contributed by atoms with van der Waals surface area (Å²) >= 11 is 1.37. The Morgan fingerprint density at radius 3 is 2.58 bits per heavy atom. The van der Waals surface area contributed by atoms with Gasteiger partial charge in [-0.25, -0.2) is 14.8 Å². The van der Waals surface area contributed by atoms with Gasteiger partial charge in [0.25, 0.3) is 5.91 Å². The summed E-state index contributed by atoms with van der Waals surface area (Å²) in [6, 6.07) is 19.4. The summed E-state index contributed by atoms with van der Waals surface area (Å²) < 4.78 is 48.7. The number of aromatic nitrogens is 2. The number of amides is 1. The van der Waals surface area contributed by atoms with Crippen LogP contribution in [0.15, 0.2) is 72.8 Å². The van der Waals surface area contributed by atoms with E-state index in [4.69, 9.17) is 4.74 Å². The number of carboxylic acids is 1. The number of aromatic carboxylic acids is 1. The van der Waals surface area contributed by atoms with E-state index >= 15 is 0 Å². The van der Waals surface area contributed by atoms with Gasteiger partial charge in [-0.05, 0) is 72.0 Å². The molecule has 8 nitrogen and oxygen atoms in total. The summed E-state index contributed by atoms with van der Waals surface area (Å²) in [6.07, 6.45) is -3.58. The second-order valence-corrected chi connectivity index (χ2v) is 11.5. The summed E-state index contributed by atoms with van der Waals surface area (Å²) in [4.78, 5) is 36.4. The number of rotatable bonds is 8. The van der Waals surface area contributed by atoms with Crippen LogP contribution in [0.5, 0.6) is 5.75 Å². The Bertz CT molecular complexity index is 1890. The number of para-hydroxylation sites is 1. The van der Waals surface area contributed by atoms with E-state index in [1.807, 2.05) is 48.2 Å². The Labute approximate surface area is 260 Å². The third-order valence-electron chi connectivity index (χ3n) is 7.50. The SMILES string of the molecule is CCCOc1ccc(-c2ccc(N3CCc4cccc(C(=O)Nc5nc6ccccc6s5)c4C3)nc2C(=O)O)c(C(F)(F)F)c1. The molecule has 0 bridgehead atoms. The second kappa shape index (κ2) is 12.2. The maximum Gasteiger partial charge on any atom is 0.417 e. The molecule has 0 atom stereocenters. The number of carbonyl (C=O) groups excluding carboxylic acids is 1. The number of hydrogen-bond acceptors (Lipinski definition) is 7. The van der Waals surface area contributed by atoms with Crippen molar-refractivity contribution in [2.24, 2.45) is 0 Å². The number of alkyl halides is 3. The van der Waals surface area contributed by atoms with Crippen LogP contribution in [0.2, 0.25) is 0 Å². The predicted octanol–water partition coefficient (Wildman–Crippen LogP) is 7.68. The number of nitrogens with zero attached hydrogens (tertiary/aromatic N) is 3. The van der Waals surface area contributed by atoms with Crippen LogP contribution in [0.3, 0.4) is 0 Å². The molecule has 1 amide bonds. The molecule has 230 valence electrons. The average molecular weight is 633 g/mol. The molecular formula is C33H27F3N4O4S. The molecule has 0 radical (unpaired) electrons. The van der Waals surface area contributed by atoms with Crippen molar-refractivity contribution >= 4 is 44.4 Å². The number of nitrogens with one attached hydrogen (secondary N) is 1. The van der Waals surface area contributed by atoms with E-state index in [0.29, 0.717) is 30.1 Å². The van der Waals surface area contributed by atoms with E-state index in [1.165, 1.54) is 35.6 Å². The van der Waals surface area contributed by atoms with Crippen LogP contribution in [0.25, 0.3) is 21.3 Å². The van der Waals surface area contributed by atoms with E-state index in [9.17, 15) is 27.9 Å². The lowest BCUT2D eigenvalue weighted by molar-refractivity contribution is -0.137. The number of fused-ring (bicyclic) bond motifs is 2. The van der Waals surface area contributed by atoms with Crippen LogP contribution in [0.4, 0.5) is 24.1 Å². The first kappa shape index (κ1) is 30.1. The minimum absolute atomic E-state index is 0.0457. The standard InChI is InChI=1S/C33H27F3N4O4S/c1-2-16-44-20-10-11-21(25(17-20)33(34,35)36)22-12-13-28(38-29(22)31(42)43)40-15-14-19-6-5-7-23(24(19)18-40)30(41)39-32-37-26-8-3-4-9-27(26)45-32/h3-13,17H,2,14-16,18H2,1H3,(H,42,43)(H,37,39,41). The minimum Gasteiger partial charge on any atom is -0.494 e. The maximum atomic E-state index is 14.1. The van der Waals surface area contributed by atoms with Crippen LogP contribution in [0, 0.1) is 0 Å². The first-order chi connectivity index (χ1) is 21.6. The number of hydrogen-bond donors (Lipinski definition) is 2. The largest absolute Gasteiger partial charge is 0.494 e. The molecule has 3 aromatic carbocycles. The fraction of sp³-hybridized carbons (Fsp3) is 0.212. The lowest BCUT2D eigenvalue weighted by atomic mass is 9.94. The summed E-state index contributed by atoms with van der Waals surface area (Å²) in [5.74, 6) is -1.46. The lowest BCUT2D eigenvalue weighted by Crippen LogP contribution is -2.33. The van der Waals surface area contributed by atoms with Crippen molar-refractivity contribution in [2.75, 3.05) is 23.4 Å². The zero-order chi connectivity index (χ0) is 31.7. The summed E-state index contributed by atoms with van der Waals surface area (Å²) in [5.41, 5.74) is 0.981. The van der Waals surface area contributed by atoms with Gasteiger partial charge in [0, 0.05) is 24.2 Å². The van der Waals surface area contributed by atoms with Gasteiger partial charge in [0.2, 0.25) is 0 Å². The first-order valence-electron chi connectivity index (χ1n) is 14.2. The third-order valence-corrected chi connectivity index (χ3v) is 8.45. The maximum absolute atomic E-state index is 14.1. The normalized spacial score (nSPS) is 13.0. The number of thiazole rings is 1. The van der Waals surface area contributed by atoms with E-state index < -0.39 is 23.4 Å². The summed E-state index contributed by atoms with van der Waals surface area (Å²) in [5, 5.41) is 13.4. The molecule has 0 spiro atoms. The molecule has 2 aromatic heterocycles. The molecule has 2 N–H and O–H groups in total. The second-order valence-electron chi connectivity index (χ2n) is 10.5. The van der Waals surface area contributed by atoms with Crippen molar-refractivity contribution in [2.45, 2.75) is 32.5 Å². The minimum atomic E-state index is -4.76. The number of benzene rings is 3. The topological polar surface area (TPSA) is 105 Å². The van der Waals surface area contributed by atoms with E-state index in [1.54, 1.807) is 6.07 Å². The molecule has 12 heteroatoms. The molecule has 0 saturated carbocycles. The molecule has 1 aliphatic rings. The molecule has 6 rings (SSSR count). The van der Waals surface area contributed by atoms with Crippen molar-refractivity contribution in [1.82, 2.24) is 9.97 Å². The highest BCUT2D eigenvalue weighted by molar-refractivity contribution is 7.22. The monoisotopic (exact) mass is 632 g/mol. The fourth-order valence-electron chi connectivity index (χ4n) is 5.39. The number of carboxylic acid groups (broad SMARTS) is 1. The zero-order valence-electron chi connectivity index (χ0n) is 24.0. The highest BCUT2D eigenvalue weighted by Crippen LogP contribution is 2.41. The van der Waals surface area contributed by atoms with Gasteiger partial charge in [0.1, 0.15) is 11.6 Å². The van der Waals surface area contributed by atoms with Gasteiger partial charge < -0.3 is 14.7 Å². The van der Waals surface area contributed by atoms with Gasteiger partial charge in [0.15, 0.2) is 10.8 Å². The number of anilines is 2. The van der Waals surface area contributed by atoms with E-state index in [0.717, 1.165) is 27.4 Å². The van der Waals surface area contributed by atoms with Crippen LogP contribution < -0.4 is 15.0 Å². The number of ether oxygens (including phenoxy) is 1. The number of pyridine rings is 1. The van der Waals surface area contributed by atoms with Crippen molar-refractivity contribution in [3.8, 4) is 16.9 Å². The molecule has 0 unspecified atom stereocenters. The molecular weight excluding hydrogens is 605 g/mol. The van der Waals surface area contributed by atoms with Crippen LogP contribution >= 0.6 is 11.3 Å². The third kappa shape index (κ3) is 6.18. The Kier molecular flexibility index (Phi) is 8.15. The smallest absolute Gasteiger partial charge is 0.417 e. The van der Waals surface area contributed by atoms with E-state index in [2.05, 4.69) is 15.3 Å². The Balaban J connectivity index is 1.30. The Morgan fingerprint density at radius 2 is 1.82 bits per heavy atom. The van der Waals surface area contributed by atoms with Crippen LogP contribution in [-0.4, -0.2) is 40.1 Å². The Hall–Kier alpha value is -4.97. The molecule has 3 heterocycles. The van der Waals surface area contributed by atoms with Crippen molar-refractivity contribution < 1.29 is 32.6 Å². The van der Waals surface area contributed by atoms with Gasteiger partial charge in [0.05, 0.1) is 22.4 Å². The molecule has 0 saturated heterocycles. The molecule has 45 heavy (non-hydrogen) atoms. The zero-order valence-corrected chi connectivity index (χ0v) is 24.8. The van der Waals surface area contributed by atoms with Crippen molar-refractivity contribution in [3.05, 3.63) is 101 Å². The lowest BCUT2D eigenvalue weighted by Gasteiger charge is -2.31. The molecule has 0 fully saturated rings. The molecule has 5 aromatic rings. The summed E-state index contributed by atoms with van der Waals surface area (Å²) in [6.45, 7) is 2.81.